The molecule has 0 bridgehead atoms. The third kappa shape index (κ3) is 3.53. The second-order valence-corrected chi connectivity index (χ2v) is 8.29. The molecule has 7 heteroatoms. The number of thioether (sulfide) groups is 1. The average molecular weight is 337 g/mol. The van der Waals surface area contributed by atoms with Crippen LogP contribution in [0.15, 0.2) is 28.6 Å². The molecule has 0 radical (unpaired) electrons. The second-order valence-electron chi connectivity index (χ2n) is 5.40. The van der Waals surface area contributed by atoms with Crippen LogP contribution < -0.4 is 5.32 Å². The van der Waals surface area contributed by atoms with Crippen molar-refractivity contribution in [1.29, 1.82) is 0 Å². The standard InChI is InChI=1S/C14H15N3OS3/c1-14(6-9-4-2-3-5-10(9)7-14)15-11(18)8-20-13-17-16-12(19)21-13/h2-5H,6-8H2,1H3,(H,15,18)(H,16,19). The molecule has 1 aliphatic rings. The summed E-state index contributed by atoms with van der Waals surface area (Å²) in [4.78, 5) is 12.1. The summed E-state index contributed by atoms with van der Waals surface area (Å²) in [6.07, 6.45) is 1.78. The van der Waals surface area contributed by atoms with Crippen molar-refractivity contribution >= 4 is 41.2 Å². The van der Waals surface area contributed by atoms with E-state index in [9.17, 15) is 4.79 Å². The van der Waals surface area contributed by atoms with Crippen LogP contribution in [0.1, 0.15) is 18.1 Å². The van der Waals surface area contributed by atoms with Crippen LogP contribution >= 0.6 is 35.3 Å². The van der Waals surface area contributed by atoms with Crippen molar-refractivity contribution in [2.75, 3.05) is 5.75 Å². The zero-order valence-electron chi connectivity index (χ0n) is 11.5. The van der Waals surface area contributed by atoms with Gasteiger partial charge in [-0.1, -0.05) is 47.4 Å². The minimum absolute atomic E-state index is 0.0384. The fourth-order valence-corrected chi connectivity index (χ4v) is 4.55. The molecule has 1 aromatic carbocycles. The predicted molar refractivity (Wildman–Crippen MR) is 88.4 cm³/mol. The number of aromatic nitrogens is 2. The summed E-state index contributed by atoms with van der Waals surface area (Å²) >= 11 is 7.78. The summed E-state index contributed by atoms with van der Waals surface area (Å²) in [5.74, 6) is 0.402. The molecular formula is C14H15N3OS3. The first-order valence-electron chi connectivity index (χ1n) is 6.60. The van der Waals surface area contributed by atoms with E-state index in [-0.39, 0.29) is 11.4 Å². The summed E-state index contributed by atoms with van der Waals surface area (Å²) in [7, 11) is 0. The third-order valence-corrected chi connectivity index (χ3v) is 5.70. The van der Waals surface area contributed by atoms with E-state index in [2.05, 4.69) is 34.6 Å². The van der Waals surface area contributed by atoms with Gasteiger partial charge in [0.1, 0.15) is 0 Å². The van der Waals surface area contributed by atoms with E-state index in [0.29, 0.717) is 9.71 Å². The zero-order chi connectivity index (χ0) is 14.9. The van der Waals surface area contributed by atoms with Gasteiger partial charge in [0.05, 0.1) is 5.75 Å². The molecule has 21 heavy (non-hydrogen) atoms. The number of carbonyl (C=O) groups excluding carboxylic acids is 1. The molecular weight excluding hydrogens is 322 g/mol. The normalized spacial score (nSPS) is 15.7. The van der Waals surface area contributed by atoms with Crippen LogP contribution in [0.3, 0.4) is 0 Å². The second kappa shape index (κ2) is 5.90. The van der Waals surface area contributed by atoms with Crippen molar-refractivity contribution in [1.82, 2.24) is 15.5 Å². The summed E-state index contributed by atoms with van der Waals surface area (Å²) in [6, 6.07) is 8.37. The van der Waals surface area contributed by atoms with Gasteiger partial charge in [-0.05, 0) is 43.1 Å². The number of hydrogen-bond donors (Lipinski definition) is 2. The summed E-state index contributed by atoms with van der Waals surface area (Å²) in [6.45, 7) is 2.11. The molecule has 3 rings (SSSR count). The van der Waals surface area contributed by atoms with Gasteiger partial charge in [0, 0.05) is 5.54 Å². The molecule has 110 valence electrons. The summed E-state index contributed by atoms with van der Waals surface area (Å²) in [5.41, 5.74) is 2.48. The van der Waals surface area contributed by atoms with E-state index in [1.54, 1.807) is 0 Å². The van der Waals surface area contributed by atoms with E-state index >= 15 is 0 Å². The molecule has 0 saturated carbocycles. The van der Waals surface area contributed by atoms with Crippen LogP contribution in [-0.4, -0.2) is 27.4 Å². The maximum atomic E-state index is 12.1. The fraction of sp³-hybridized carbons (Fsp3) is 0.357. The van der Waals surface area contributed by atoms with Gasteiger partial charge in [-0.25, -0.2) is 0 Å². The number of aromatic amines is 1. The van der Waals surface area contributed by atoms with Crippen molar-refractivity contribution in [2.45, 2.75) is 29.6 Å². The largest absolute Gasteiger partial charge is 0.350 e. The number of nitrogens with zero attached hydrogens (tertiary/aromatic N) is 1. The fourth-order valence-electron chi connectivity index (χ4n) is 2.67. The first-order chi connectivity index (χ1) is 10.0. The van der Waals surface area contributed by atoms with Crippen molar-refractivity contribution < 1.29 is 4.79 Å². The Morgan fingerprint density at radius 1 is 1.48 bits per heavy atom. The van der Waals surface area contributed by atoms with E-state index in [1.807, 2.05) is 12.1 Å². The van der Waals surface area contributed by atoms with Crippen molar-refractivity contribution in [3.63, 3.8) is 0 Å². The van der Waals surface area contributed by atoms with Crippen LogP contribution in [0.5, 0.6) is 0 Å². The average Bonchev–Trinajstić information content (AvgIpc) is 2.98. The molecule has 1 amide bonds. The van der Waals surface area contributed by atoms with E-state index < -0.39 is 0 Å². The number of fused-ring (bicyclic) bond motifs is 1. The van der Waals surface area contributed by atoms with Crippen molar-refractivity contribution in [3.05, 3.63) is 39.3 Å². The lowest BCUT2D eigenvalue weighted by atomic mass is 9.99. The Morgan fingerprint density at radius 2 is 2.14 bits per heavy atom. The summed E-state index contributed by atoms with van der Waals surface area (Å²) in [5, 5.41) is 9.92. The highest BCUT2D eigenvalue weighted by Gasteiger charge is 2.33. The summed E-state index contributed by atoms with van der Waals surface area (Å²) < 4.78 is 1.44. The number of rotatable bonds is 4. The molecule has 0 unspecified atom stereocenters. The number of H-pyrrole nitrogens is 1. The van der Waals surface area contributed by atoms with E-state index in [0.717, 1.165) is 17.2 Å². The van der Waals surface area contributed by atoms with Gasteiger partial charge in [0.2, 0.25) is 5.91 Å². The minimum atomic E-state index is -0.181. The molecule has 1 aromatic heterocycles. The Kier molecular flexibility index (Phi) is 4.14. The first-order valence-corrected chi connectivity index (χ1v) is 8.81. The maximum absolute atomic E-state index is 12.1. The van der Waals surface area contributed by atoms with E-state index in [4.69, 9.17) is 12.2 Å². The molecule has 4 nitrogen and oxygen atoms in total. The highest BCUT2D eigenvalue weighted by Crippen LogP contribution is 2.30. The van der Waals surface area contributed by atoms with E-state index in [1.165, 1.54) is 34.2 Å². The van der Waals surface area contributed by atoms with Gasteiger partial charge < -0.3 is 5.32 Å². The molecule has 0 saturated heterocycles. The Bertz CT molecular complexity index is 697. The van der Waals surface area contributed by atoms with Crippen LogP contribution in [0.4, 0.5) is 0 Å². The monoisotopic (exact) mass is 337 g/mol. The number of amides is 1. The topological polar surface area (TPSA) is 57.8 Å². The van der Waals surface area contributed by atoms with Crippen molar-refractivity contribution in [2.24, 2.45) is 0 Å². The quantitative estimate of drug-likeness (QED) is 0.665. The number of benzene rings is 1. The Morgan fingerprint density at radius 3 is 2.71 bits per heavy atom. The molecule has 2 N–H and O–H groups in total. The van der Waals surface area contributed by atoms with Gasteiger partial charge in [-0.2, -0.15) is 5.10 Å². The number of carbonyl (C=O) groups is 1. The lowest BCUT2D eigenvalue weighted by Crippen LogP contribution is -2.47. The highest BCUT2D eigenvalue weighted by molar-refractivity contribution is 8.01. The van der Waals surface area contributed by atoms with Gasteiger partial charge in [-0.3, -0.25) is 9.89 Å². The lowest BCUT2D eigenvalue weighted by Gasteiger charge is -2.25. The number of hydrogen-bond acceptors (Lipinski definition) is 5. The SMILES string of the molecule is CC1(NC(=O)CSc2n[nH]c(=S)s2)Cc2ccccc2C1. The minimum Gasteiger partial charge on any atom is -0.350 e. The predicted octanol–water partition coefficient (Wildman–Crippen LogP) is 2.97. The van der Waals surface area contributed by atoms with Gasteiger partial charge >= 0.3 is 0 Å². The third-order valence-electron chi connectivity index (χ3n) is 3.47. The Labute approximate surface area is 136 Å². The molecule has 0 atom stereocenters. The molecule has 2 aromatic rings. The van der Waals surface area contributed by atoms with Crippen LogP contribution in [0, 0.1) is 3.95 Å². The molecule has 1 heterocycles. The Hall–Kier alpha value is -1.18. The number of nitrogens with one attached hydrogen (secondary N) is 2. The molecule has 0 fully saturated rings. The molecule has 0 spiro atoms. The van der Waals surface area contributed by atoms with Gasteiger partial charge in [0.25, 0.3) is 0 Å². The van der Waals surface area contributed by atoms with Crippen LogP contribution in [0.25, 0.3) is 0 Å². The molecule has 1 aliphatic carbocycles. The first kappa shape index (κ1) is 14.7. The molecule has 0 aliphatic heterocycles. The van der Waals surface area contributed by atoms with Crippen LogP contribution in [0.2, 0.25) is 0 Å². The van der Waals surface area contributed by atoms with Crippen molar-refractivity contribution in [3.8, 4) is 0 Å². The smallest absolute Gasteiger partial charge is 0.230 e. The highest BCUT2D eigenvalue weighted by atomic mass is 32.2. The Balaban J connectivity index is 1.57. The van der Waals surface area contributed by atoms with Gasteiger partial charge in [0.15, 0.2) is 8.29 Å². The maximum Gasteiger partial charge on any atom is 0.230 e. The zero-order valence-corrected chi connectivity index (χ0v) is 14.0. The van der Waals surface area contributed by atoms with Crippen LogP contribution in [-0.2, 0) is 17.6 Å². The lowest BCUT2D eigenvalue weighted by molar-refractivity contribution is -0.120. The van der Waals surface area contributed by atoms with Gasteiger partial charge in [-0.15, -0.1) is 0 Å².